The van der Waals surface area contributed by atoms with Crippen LogP contribution in [0.15, 0.2) is 17.0 Å². The van der Waals surface area contributed by atoms with Crippen LogP contribution in [0.3, 0.4) is 0 Å². The highest BCUT2D eigenvalue weighted by Gasteiger charge is 2.20. The van der Waals surface area contributed by atoms with E-state index in [1.807, 2.05) is 6.92 Å². The van der Waals surface area contributed by atoms with Gasteiger partial charge in [-0.2, -0.15) is 11.8 Å². The molecule has 0 amide bonds. The Labute approximate surface area is 127 Å². The second kappa shape index (κ2) is 7.61. The van der Waals surface area contributed by atoms with E-state index >= 15 is 0 Å². The molecule has 20 heavy (non-hydrogen) atoms. The first-order valence-corrected chi connectivity index (χ1v) is 9.02. The Kier molecular flexibility index (Phi) is 6.74. The number of sulfonamides is 1. The summed E-state index contributed by atoms with van der Waals surface area (Å²) in [4.78, 5) is -0.239. The van der Waals surface area contributed by atoms with Crippen molar-refractivity contribution in [2.45, 2.75) is 31.4 Å². The van der Waals surface area contributed by atoms with Crippen molar-refractivity contribution in [1.29, 1.82) is 0 Å². The molecule has 2 N–H and O–H groups in total. The minimum Gasteiger partial charge on any atom is -0.392 e. The van der Waals surface area contributed by atoms with Gasteiger partial charge in [0, 0.05) is 17.4 Å². The maximum Gasteiger partial charge on any atom is 0.240 e. The molecule has 1 atom stereocenters. The summed E-state index contributed by atoms with van der Waals surface area (Å²) in [5.74, 6) is 0.642. The lowest BCUT2D eigenvalue weighted by Gasteiger charge is -2.14. The maximum atomic E-state index is 13.6. The van der Waals surface area contributed by atoms with E-state index in [1.165, 1.54) is 6.07 Å². The topological polar surface area (TPSA) is 66.4 Å². The van der Waals surface area contributed by atoms with Crippen LogP contribution in [0.1, 0.15) is 19.4 Å². The summed E-state index contributed by atoms with van der Waals surface area (Å²) < 4.78 is 40.3. The van der Waals surface area contributed by atoms with Gasteiger partial charge in [-0.1, -0.05) is 18.5 Å². The minimum absolute atomic E-state index is 0.0441. The molecule has 0 aliphatic carbocycles. The van der Waals surface area contributed by atoms with Crippen molar-refractivity contribution in [3.63, 3.8) is 0 Å². The largest absolute Gasteiger partial charge is 0.392 e. The van der Waals surface area contributed by atoms with Gasteiger partial charge in [0.05, 0.1) is 16.5 Å². The average Bonchev–Trinajstić information content (AvgIpc) is 2.38. The summed E-state index contributed by atoms with van der Waals surface area (Å²) in [6.45, 7) is 3.19. The number of hydrogen-bond donors (Lipinski definition) is 2. The monoisotopic (exact) mass is 341 g/mol. The van der Waals surface area contributed by atoms with Gasteiger partial charge in [-0.25, -0.2) is 17.5 Å². The molecule has 0 radical (unpaired) electrons. The highest BCUT2D eigenvalue weighted by Crippen LogP contribution is 2.24. The van der Waals surface area contributed by atoms with Crippen LogP contribution in [0, 0.1) is 5.82 Å². The van der Waals surface area contributed by atoms with Gasteiger partial charge in [-0.05, 0) is 24.8 Å². The van der Waals surface area contributed by atoms with E-state index in [-0.39, 0.29) is 21.5 Å². The van der Waals surface area contributed by atoms with E-state index in [0.717, 1.165) is 11.8 Å². The van der Waals surface area contributed by atoms with Crippen LogP contribution in [0.25, 0.3) is 0 Å². The summed E-state index contributed by atoms with van der Waals surface area (Å²) in [6, 6.07) is 1.75. The van der Waals surface area contributed by atoms with Crippen molar-refractivity contribution in [2.75, 3.05) is 11.5 Å². The number of hydrogen-bond acceptors (Lipinski definition) is 4. The van der Waals surface area contributed by atoms with E-state index in [9.17, 15) is 12.8 Å². The lowest BCUT2D eigenvalue weighted by molar-refractivity contribution is 0.281. The van der Waals surface area contributed by atoms with Gasteiger partial charge >= 0.3 is 0 Å². The smallest absolute Gasteiger partial charge is 0.240 e. The molecule has 0 aliphatic rings. The third-order valence-electron chi connectivity index (χ3n) is 2.49. The van der Waals surface area contributed by atoms with Crippen LogP contribution < -0.4 is 4.72 Å². The molecule has 1 rings (SSSR count). The first-order valence-electron chi connectivity index (χ1n) is 6.00. The normalized spacial score (nSPS) is 13.4. The Hall–Kier alpha value is -0.340. The summed E-state index contributed by atoms with van der Waals surface area (Å²) in [6.07, 6.45) is 0. The first kappa shape index (κ1) is 17.7. The van der Waals surface area contributed by atoms with E-state index < -0.39 is 22.4 Å². The third kappa shape index (κ3) is 4.60. The number of nitrogens with one attached hydrogen (secondary N) is 1. The Morgan fingerprint density at radius 3 is 2.70 bits per heavy atom. The molecule has 8 heteroatoms. The molecule has 0 aromatic heterocycles. The molecule has 1 aromatic carbocycles. The first-order chi connectivity index (χ1) is 9.31. The molecule has 0 bridgehead atoms. The fraction of sp³-hybridized carbons (Fsp3) is 0.500. The van der Waals surface area contributed by atoms with Crippen molar-refractivity contribution < 1.29 is 17.9 Å². The molecule has 1 aromatic rings. The summed E-state index contributed by atoms with van der Waals surface area (Å²) in [7, 11) is -3.83. The molecule has 0 fully saturated rings. The predicted octanol–water partition coefficient (Wildman–Crippen LogP) is 2.39. The lowest BCUT2D eigenvalue weighted by atomic mass is 10.2. The minimum atomic E-state index is -3.83. The average molecular weight is 342 g/mol. The molecule has 114 valence electrons. The van der Waals surface area contributed by atoms with Crippen LogP contribution >= 0.6 is 23.4 Å². The molecule has 0 aliphatic heterocycles. The number of aliphatic hydroxyl groups is 1. The molecular formula is C12H17ClFNO3S2. The Balaban J connectivity index is 3.01. The van der Waals surface area contributed by atoms with Crippen molar-refractivity contribution >= 4 is 33.4 Å². The lowest BCUT2D eigenvalue weighted by Crippen LogP contribution is -2.34. The number of aliphatic hydroxyl groups excluding tert-OH is 1. The molecule has 4 nitrogen and oxygen atoms in total. The number of rotatable bonds is 7. The van der Waals surface area contributed by atoms with Crippen molar-refractivity contribution in [3.8, 4) is 0 Å². The number of benzene rings is 1. The quantitative estimate of drug-likeness (QED) is 0.799. The van der Waals surface area contributed by atoms with Gasteiger partial charge in [0.25, 0.3) is 0 Å². The zero-order valence-corrected chi connectivity index (χ0v) is 13.6. The van der Waals surface area contributed by atoms with Crippen molar-refractivity contribution in [2.24, 2.45) is 0 Å². The van der Waals surface area contributed by atoms with Gasteiger partial charge in [0.15, 0.2) is 0 Å². The van der Waals surface area contributed by atoms with Crippen molar-refractivity contribution in [3.05, 3.63) is 28.5 Å². The second-order valence-corrected chi connectivity index (χ2v) is 7.63. The SMILES string of the molecule is CCSCC(C)NS(=O)(=O)c1cc(F)c(Cl)c(CO)c1. The predicted molar refractivity (Wildman–Crippen MR) is 80.1 cm³/mol. The maximum absolute atomic E-state index is 13.6. The zero-order valence-electron chi connectivity index (χ0n) is 11.2. The fourth-order valence-corrected chi connectivity index (χ4v) is 3.80. The van der Waals surface area contributed by atoms with E-state index in [2.05, 4.69) is 4.72 Å². The number of halogens is 2. The van der Waals surface area contributed by atoms with Gasteiger partial charge in [0.2, 0.25) is 10.0 Å². The summed E-state index contributed by atoms with van der Waals surface area (Å²) in [5.41, 5.74) is 0.0441. The van der Waals surface area contributed by atoms with Gasteiger partial charge in [0.1, 0.15) is 5.82 Å². The number of thioether (sulfide) groups is 1. The van der Waals surface area contributed by atoms with Gasteiger partial charge < -0.3 is 5.11 Å². The van der Waals surface area contributed by atoms with Crippen LogP contribution in [-0.2, 0) is 16.6 Å². The molecule has 0 saturated heterocycles. The summed E-state index contributed by atoms with van der Waals surface area (Å²) in [5, 5.41) is 8.80. The summed E-state index contributed by atoms with van der Waals surface area (Å²) >= 11 is 7.24. The van der Waals surface area contributed by atoms with Crippen LogP contribution in [-0.4, -0.2) is 31.1 Å². The van der Waals surface area contributed by atoms with E-state index in [0.29, 0.717) is 5.75 Å². The molecule has 0 saturated carbocycles. The van der Waals surface area contributed by atoms with E-state index in [1.54, 1.807) is 18.7 Å². The van der Waals surface area contributed by atoms with Crippen LogP contribution in [0.4, 0.5) is 4.39 Å². The van der Waals surface area contributed by atoms with E-state index in [4.69, 9.17) is 16.7 Å². The molecule has 0 heterocycles. The van der Waals surface area contributed by atoms with Crippen LogP contribution in [0.2, 0.25) is 5.02 Å². The van der Waals surface area contributed by atoms with Gasteiger partial charge in [-0.15, -0.1) is 0 Å². The highest BCUT2D eigenvalue weighted by molar-refractivity contribution is 7.99. The second-order valence-electron chi connectivity index (χ2n) is 4.22. The fourth-order valence-electron chi connectivity index (χ4n) is 1.55. The Morgan fingerprint density at radius 2 is 2.15 bits per heavy atom. The zero-order chi connectivity index (χ0) is 15.3. The van der Waals surface area contributed by atoms with Gasteiger partial charge in [-0.3, -0.25) is 0 Å². The Bertz CT molecular complexity index is 566. The Morgan fingerprint density at radius 1 is 1.50 bits per heavy atom. The highest BCUT2D eigenvalue weighted by atomic mass is 35.5. The van der Waals surface area contributed by atoms with Crippen molar-refractivity contribution in [1.82, 2.24) is 4.72 Å². The molecule has 1 unspecified atom stereocenters. The molecule has 0 spiro atoms. The standard InChI is InChI=1S/C12H17ClFNO3S2/c1-3-19-7-8(2)15-20(17,18)10-4-9(6-16)12(13)11(14)5-10/h4-5,8,15-16H,3,6-7H2,1-2H3. The third-order valence-corrected chi connectivity index (χ3v) is 5.62. The van der Waals surface area contributed by atoms with Crippen LogP contribution in [0.5, 0.6) is 0 Å². The molecular weight excluding hydrogens is 325 g/mol.